The molecule has 27 heavy (non-hydrogen) atoms. The number of nitrogens with zero attached hydrogens (tertiary/aromatic N) is 1. The maximum Gasteiger partial charge on any atom is 0.253 e. The number of nitrogens with one attached hydrogen (secondary N) is 1. The van der Waals surface area contributed by atoms with E-state index in [0.29, 0.717) is 24.6 Å². The van der Waals surface area contributed by atoms with Gasteiger partial charge in [-0.25, -0.2) is 13.1 Å². The van der Waals surface area contributed by atoms with Crippen molar-refractivity contribution in [3.63, 3.8) is 0 Å². The molecular formula is C18H28ClN3O4S. The van der Waals surface area contributed by atoms with E-state index in [0.717, 1.165) is 25.7 Å². The molecule has 2 fully saturated rings. The van der Waals surface area contributed by atoms with Crippen molar-refractivity contribution in [2.45, 2.75) is 49.6 Å². The average Bonchev–Trinajstić information content (AvgIpc) is 3.44. The Labute approximate surface area is 167 Å². The first-order chi connectivity index (χ1) is 12.3. The molecule has 3 N–H and O–H groups in total. The number of nitrogens with two attached hydrogens (primary N) is 1. The number of carbonyl (C=O) groups excluding carboxylic acids is 1. The third-order valence-corrected chi connectivity index (χ3v) is 6.71. The third kappa shape index (κ3) is 5.13. The first-order valence-electron chi connectivity index (χ1n) is 9.07. The molecule has 1 heterocycles. The number of hydrogen-bond donors (Lipinski definition) is 2. The number of carbonyl (C=O) groups is 1. The van der Waals surface area contributed by atoms with E-state index in [4.69, 9.17) is 10.5 Å². The smallest absolute Gasteiger partial charge is 0.253 e. The molecule has 0 aromatic heterocycles. The first kappa shape index (κ1) is 21.9. The number of hydrogen-bond acceptors (Lipinski definition) is 5. The van der Waals surface area contributed by atoms with Crippen LogP contribution in [-0.4, -0.2) is 51.5 Å². The molecule has 1 atom stereocenters. The van der Waals surface area contributed by atoms with Crippen molar-refractivity contribution in [2.24, 2.45) is 11.7 Å². The largest absolute Gasteiger partial charge is 0.495 e. The van der Waals surface area contributed by atoms with E-state index in [1.165, 1.54) is 13.2 Å². The van der Waals surface area contributed by atoms with Gasteiger partial charge >= 0.3 is 0 Å². The van der Waals surface area contributed by atoms with Gasteiger partial charge in [-0.3, -0.25) is 4.79 Å². The Hall–Kier alpha value is -1.35. The van der Waals surface area contributed by atoms with Crippen LogP contribution >= 0.6 is 12.4 Å². The van der Waals surface area contributed by atoms with Gasteiger partial charge in [0, 0.05) is 30.7 Å². The number of sulfonamides is 1. The minimum Gasteiger partial charge on any atom is -0.495 e. The number of piperidine rings is 1. The molecule has 0 spiro atoms. The van der Waals surface area contributed by atoms with Gasteiger partial charge in [0.1, 0.15) is 10.6 Å². The highest BCUT2D eigenvalue weighted by atomic mass is 35.5. The summed E-state index contributed by atoms with van der Waals surface area (Å²) in [6.45, 7) is 3.27. The molecule has 0 bridgehead atoms. The molecule has 0 radical (unpaired) electrons. The molecule has 1 amide bonds. The predicted octanol–water partition coefficient (Wildman–Crippen LogP) is 1.76. The summed E-state index contributed by atoms with van der Waals surface area (Å²) >= 11 is 0. The third-order valence-electron chi connectivity index (χ3n) is 5.17. The summed E-state index contributed by atoms with van der Waals surface area (Å²) in [4.78, 5) is 14.6. The number of rotatable bonds is 6. The normalized spacial score (nSPS) is 19.3. The van der Waals surface area contributed by atoms with Crippen LogP contribution in [0.4, 0.5) is 0 Å². The highest BCUT2D eigenvalue weighted by Crippen LogP contribution is 2.29. The topological polar surface area (TPSA) is 102 Å². The van der Waals surface area contributed by atoms with E-state index in [1.54, 1.807) is 17.0 Å². The predicted molar refractivity (Wildman–Crippen MR) is 106 cm³/mol. The van der Waals surface area contributed by atoms with Crippen LogP contribution in [0.1, 0.15) is 43.0 Å². The SMILES string of the molecule is COc1ccc(C(=O)N2CCC(C(C)N)CC2)cc1S(=O)(=O)NC1CC1.Cl. The summed E-state index contributed by atoms with van der Waals surface area (Å²) in [5.41, 5.74) is 6.32. The van der Waals surface area contributed by atoms with Crippen LogP contribution in [-0.2, 0) is 10.0 Å². The van der Waals surface area contributed by atoms with Crippen molar-refractivity contribution in [3.8, 4) is 5.75 Å². The Balaban J connectivity index is 0.00000261. The highest BCUT2D eigenvalue weighted by molar-refractivity contribution is 7.89. The monoisotopic (exact) mass is 417 g/mol. The lowest BCUT2D eigenvalue weighted by molar-refractivity contribution is 0.0680. The van der Waals surface area contributed by atoms with Gasteiger partial charge in [-0.1, -0.05) is 0 Å². The summed E-state index contributed by atoms with van der Waals surface area (Å²) in [7, 11) is -2.29. The minimum atomic E-state index is -3.71. The van der Waals surface area contributed by atoms with E-state index < -0.39 is 10.0 Å². The Bertz CT molecular complexity index is 773. The molecule has 2 aliphatic rings. The number of benzene rings is 1. The molecule has 1 unspecified atom stereocenters. The Morgan fingerprint density at radius 2 is 1.89 bits per heavy atom. The number of likely N-dealkylation sites (tertiary alicyclic amines) is 1. The van der Waals surface area contributed by atoms with Crippen LogP contribution in [0, 0.1) is 5.92 Å². The van der Waals surface area contributed by atoms with Crippen molar-refractivity contribution < 1.29 is 17.9 Å². The zero-order chi connectivity index (χ0) is 18.9. The lowest BCUT2D eigenvalue weighted by atomic mass is 9.90. The van der Waals surface area contributed by atoms with Crippen LogP contribution in [0.3, 0.4) is 0 Å². The molecule has 1 aromatic rings. The van der Waals surface area contributed by atoms with Gasteiger partial charge in [-0.2, -0.15) is 0 Å². The van der Waals surface area contributed by atoms with Gasteiger partial charge in [0.15, 0.2) is 0 Å². The van der Waals surface area contributed by atoms with Crippen molar-refractivity contribution in [3.05, 3.63) is 23.8 Å². The maximum absolute atomic E-state index is 12.8. The summed E-state index contributed by atoms with van der Waals surface area (Å²) < 4.78 is 33.0. The van der Waals surface area contributed by atoms with E-state index in [-0.39, 0.29) is 41.0 Å². The lowest BCUT2D eigenvalue weighted by Crippen LogP contribution is -2.42. The van der Waals surface area contributed by atoms with Crippen LogP contribution < -0.4 is 15.2 Å². The Morgan fingerprint density at radius 3 is 2.41 bits per heavy atom. The van der Waals surface area contributed by atoms with Crippen LogP contribution in [0.25, 0.3) is 0 Å². The zero-order valence-corrected chi connectivity index (χ0v) is 17.3. The second-order valence-electron chi connectivity index (χ2n) is 7.25. The molecule has 152 valence electrons. The summed E-state index contributed by atoms with van der Waals surface area (Å²) in [5.74, 6) is 0.512. The van der Waals surface area contributed by atoms with Crippen LogP contribution in [0.15, 0.2) is 23.1 Å². The average molecular weight is 418 g/mol. The van der Waals surface area contributed by atoms with E-state index in [2.05, 4.69) is 4.72 Å². The van der Waals surface area contributed by atoms with Gasteiger partial charge in [0.2, 0.25) is 10.0 Å². The van der Waals surface area contributed by atoms with E-state index in [9.17, 15) is 13.2 Å². The second-order valence-corrected chi connectivity index (χ2v) is 8.93. The zero-order valence-electron chi connectivity index (χ0n) is 15.7. The Kier molecular flexibility index (Phi) is 7.13. The summed E-state index contributed by atoms with van der Waals surface area (Å²) in [5, 5.41) is 0. The molecule has 1 aliphatic heterocycles. The number of ether oxygens (including phenoxy) is 1. The van der Waals surface area contributed by atoms with Gasteiger partial charge in [-0.05, 0) is 56.7 Å². The number of methoxy groups -OCH3 is 1. The maximum atomic E-state index is 12.8. The molecule has 1 saturated heterocycles. The highest BCUT2D eigenvalue weighted by Gasteiger charge is 2.31. The van der Waals surface area contributed by atoms with Crippen molar-refractivity contribution in [2.75, 3.05) is 20.2 Å². The fourth-order valence-corrected chi connectivity index (χ4v) is 4.81. The summed E-state index contributed by atoms with van der Waals surface area (Å²) in [6.07, 6.45) is 3.42. The minimum absolute atomic E-state index is 0. The Morgan fingerprint density at radius 1 is 1.26 bits per heavy atom. The lowest BCUT2D eigenvalue weighted by Gasteiger charge is -2.33. The molecule has 9 heteroatoms. The van der Waals surface area contributed by atoms with E-state index in [1.807, 2.05) is 6.92 Å². The molecule has 3 rings (SSSR count). The molecule has 7 nitrogen and oxygen atoms in total. The van der Waals surface area contributed by atoms with Crippen molar-refractivity contribution >= 4 is 28.3 Å². The fraction of sp³-hybridized carbons (Fsp3) is 0.611. The standard InChI is InChI=1S/C18H27N3O4S.ClH/c1-12(19)13-7-9-21(10-8-13)18(22)14-3-6-16(25-2)17(11-14)26(23,24)20-15-4-5-15;/h3,6,11-13,15,20H,4-5,7-10,19H2,1-2H3;1H. The van der Waals surface area contributed by atoms with Crippen molar-refractivity contribution in [1.29, 1.82) is 0 Å². The quantitative estimate of drug-likeness (QED) is 0.734. The molecule has 1 aromatic carbocycles. The van der Waals surface area contributed by atoms with Gasteiger partial charge in [0.25, 0.3) is 5.91 Å². The second kappa shape index (κ2) is 8.77. The molecule has 1 saturated carbocycles. The summed E-state index contributed by atoms with van der Waals surface area (Å²) in [6, 6.07) is 4.70. The first-order valence-corrected chi connectivity index (χ1v) is 10.6. The number of amides is 1. The molecular weight excluding hydrogens is 390 g/mol. The van der Waals surface area contributed by atoms with E-state index >= 15 is 0 Å². The van der Waals surface area contributed by atoms with Gasteiger partial charge in [0.05, 0.1) is 7.11 Å². The fourth-order valence-electron chi connectivity index (χ4n) is 3.31. The van der Waals surface area contributed by atoms with Gasteiger partial charge in [-0.15, -0.1) is 12.4 Å². The van der Waals surface area contributed by atoms with Crippen LogP contribution in [0.2, 0.25) is 0 Å². The van der Waals surface area contributed by atoms with Gasteiger partial charge < -0.3 is 15.4 Å². The molecule has 1 aliphatic carbocycles. The van der Waals surface area contributed by atoms with Crippen molar-refractivity contribution in [1.82, 2.24) is 9.62 Å². The van der Waals surface area contributed by atoms with Crippen LogP contribution in [0.5, 0.6) is 5.75 Å². The number of halogens is 1.